The van der Waals surface area contributed by atoms with Crippen LogP contribution in [0.5, 0.6) is 0 Å². The van der Waals surface area contributed by atoms with E-state index in [2.05, 4.69) is 34.8 Å². The number of pyridine rings is 1. The number of aromatic nitrogens is 1. The monoisotopic (exact) mass is 533 g/mol. The third kappa shape index (κ3) is 8.40. The maximum absolute atomic E-state index is 13.1. The van der Waals surface area contributed by atoms with Crippen LogP contribution in [0.4, 0.5) is 5.82 Å². The fraction of sp³-hybridized carbons (Fsp3) is 0.667. The van der Waals surface area contributed by atoms with Crippen LogP contribution in [0.25, 0.3) is 6.08 Å². The van der Waals surface area contributed by atoms with E-state index in [1.165, 1.54) is 6.08 Å². The number of hydrogen-bond donors (Lipinski definition) is 2. The Morgan fingerprint density at radius 1 is 1.22 bits per heavy atom. The Morgan fingerprint density at radius 3 is 2.73 bits per heavy atom. The predicted molar refractivity (Wildman–Crippen MR) is 144 cm³/mol. The van der Waals surface area contributed by atoms with Gasteiger partial charge in [-0.3, -0.25) is 9.59 Å². The molecular formula is C27H40ClN5O4. The normalized spacial score (nSPS) is 26.5. The summed E-state index contributed by atoms with van der Waals surface area (Å²) in [6, 6.07) is 1.88. The first-order chi connectivity index (χ1) is 17.9. The lowest BCUT2D eigenvalue weighted by molar-refractivity contribution is -0.198. The van der Waals surface area contributed by atoms with Gasteiger partial charge in [-0.2, -0.15) is 0 Å². The highest BCUT2D eigenvalue weighted by Crippen LogP contribution is 2.32. The SMILES string of the molecule is CN(C)CC1CCC(C(=O)N2CC[C@@H](Nc3ncc(/C=C/C(=O)NOC4CCCCO4)cc3Cl)C2)CC1. The Hall–Kier alpha value is -2.20. The molecule has 2 atom stereocenters. The number of hydroxylamine groups is 1. The molecule has 0 bridgehead atoms. The molecule has 2 N–H and O–H groups in total. The van der Waals surface area contributed by atoms with Crippen molar-refractivity contribution in [2.45, 2.75) is 63.7 Å². The minimum Gasteiger partial charge on any atom is -0.364 e. The van der Waals surface area contributed by atoms with Crippen molar-refractivity contribution in [1.29, 1.82) is 0 Å². The fourth-order valence-corrected chi connectivity index (χ4v) is 5.65. The van der Waals surface area contributed by atoms with Crippen molar-refractivity contribution in [3.8, 4) is 0 Å². The summed E-state index contributed by atoms with van der Waals surface area (Å²) in [5, 5.41) is 3.87. The van der Waals surface area contributed by atoms with Crippen LogP contribution < -0.4 is 10.8 Å². The molecule has 1 saturated carbocycles. The van der Waals surface area contributed by atoms with E-state index in [4.69, 9.17) is 21.2 Å². The van der Waals surface area contributed by atoms with E-state index >= 15 is 0 Å². The van der Waals surface area contributed by atoms with E-state index < -0.39 is 6.29 Å². The van der Waals surface area contributed by atoms with Crippen molar-refractivity contribution in [3.63, 3.8) is 0 Å². The van der Waals surface area contributed by atoms with Crippen molar-refractivity contribution in [3.05, 3.63) is 28.9 Å². The molecule has 0 radical (unpaired) electrons. The second-order valence-electron chi connectivity index (χ2n) is 10.7. The topological polar surface area (TPSA) is 96.0 Å². The second kappa shape index (κ2) is 13.6. The van der Waals surface area contributed by atoms with Crippen LogP contribution in [0.1, 0.15) is 56.9 Å². The summed E-state index contributed by atoms with van der Waals surface area (Å²) in [6.07, 6.45) is 12.2. The number of likely N-dealkylation sites (tertiary alicyclic amines) is 1. The predicted octanol–water partition coefficient (Wildman–Crippen LogP) is 3.70. The van der Waals surface area contributed by atoms with Gasteiger partial charge in [0.1, 0.15) is 5.82 Å². The van der Waals surface area contributed by atoms with Gasteiger partial charge in [-0.25, -0.2) is 15.3 Å². The Kier molecular flexibility index (Phi) is 10.2. The number of nitrogens with one attached hydrogen (secondary N) is 2. The zero-order valence-corrected chi connectivity index (χ0v) is 22.7. The number of carbonyl (C=O) groups is 2. The molecule has 9 nitrogen and oxygen atoms in total. The Balaban J connectivity index is 1.21. The summed E-state index contributed by atoms with van der Waals surface area (Å²) < 4.78 is 5.42. The third-order valence-corrected chi connectivity index (χ3v) is 7.67. The average Bonchev–Trinajstić information content (AvgIpc) is 3.36. The molecule has 4 rings (SSSR count). The third-order valence-electron chi connectivity index (χ3n) is 7.38. The van der Waals surface area contributed by atoms with Crippen LogP contribution >= 0.6 is 11.6 Å². The van der Waals surface area contributed by atoms with Crippen LogP contribution in [0, 0.1) is 11.8 Å². The minimum absolute atomic E-state index is 0.116. The van der Waals surface area contributed by atoms with Crippen molar-refractivity contribution < 1.29 is 19.2 Å². The minimum atomic E-state index is -0.391. The smallest absolute Gasteiger partial charge is 0.267 e. The molecule has 0 aromatic carbocycles. The molecule has 1 unspecified atom stereocenters. The van der Waals surface area contributed by atoms with Gasteiger partial charge >= 0.3 is 0 Å². The van der Waals surface area contributed by atoms with Gasteiger partial charge in [-0.15, -0.1) is 0 Å². The van der Waals surface area contributed by atoms with E-state index in [9.17, 15) is 9.59 Å². The number of rotatable bonds is 9. The number of amides is 2. The first kappa shape index (κ1) is 27.8. The van der Waals surface area contributed by atoms with Gasteiger partial charge in [0.2, 0.25) is 5.91 Å². The van der Waals surface area contributed by atoms with Crippen LogP contribution in [-0.2, 0) is 19.2 Å². The Labute approximate surface area is 224 Å². The summed E-state index contributed by atoms with van der Waals surface area (Å²) in [5.74, 6) is 1.36. The fourth-order valence-electron chi connectivity index (χ4n) is 5.42. The highest BCUT2D eigenvalue weighted by Gasteiger charge is 2.33. The maximum Gasteiger partial charge on any atom is 0.267 e. The molecular weight excluding hydrogens is 494 g/mol. The van der Waals surface area contributed by atoms with Gasteiger partial charge in [0.05, 0.1) is 5.02 Å². The summed E-state index contributed by atoms with van der Waals surface area (Å²) in [5.41, 5.74) is 3.09. The van der Waals surface area contributed by atoms with Gasteiger partial charge in [0, 0.05) is 56.9 Å². The highest BCUT2D eigenvalue weighted by atomic mass is 35.5. The average molecular weight is 534 g/mol. The Morgan fingerprint density at radius 2 is 2.03 bits per heavy atom. The van der Waals surface area contributed by atoms with Gasteiger partial charge in [-0.1, -0.05) is 11.6 Å². The molecule has 1 aromatic heterocycles. The molecule has 3 heterocycles. The quantitative estimate of drug-likeness (QED) is 0.369. The Bertz CT molecular complexity index is 945. The number of nitrogens with zero attached hydrogens (tertiary/aromatic N) is 3. The van der Waals surface area contributed by atoms with Crippen LogP contribution in [0.2, 0.25) is 5.02 Å². The number of anilines is 1. The van der Waals surface area contributed by atoms with E-state index in [1.807, 2.05) is 4.90 Å². The number of carbonyl (C=O) groups excluding carboxylic acids is 2. The zero-order valence-electron chi connectivity index (χ0n) is 22.0. The lowest BCUT2D eigenvalue weighted by Crippen LogP contribution is -2.38. The van der Waals surface area contributed by atoms with Crippen molar-refractivity contribution >= 4 is 35.3 Å². The van der Waals surface area contributed by atoms with Crippen molar-refractivity contribution in [2.24, 2.45) is 11.8 Å². The highest BCUT2D eigenvalue weighted by molar-refractivity contribution is 6.33. The van der Waals surface area contributed by atoms with Crippen LogP contribution in [-0.4, -0.2) is 79.3 Å². The molecule has 37 heavy (non-hydrogen) atoms. The van der Waals surface area contributed by atoms with Crippen molar-refractivity contribution in [1.82, 2.24) is 20.3 Å². The lowest BCUT2D eigenvalue weighted by Gasteiger charge is -2.31. The molecule has 3 fully saturated rings. The number of ether oxygens (including phenoxy) is 1. The molecule has 2 amide bonds. The molecule has 204 valence electrons. The van der Waals surface area contributed by atoms with Crippen LogP contribution in [0.15, 0.2) is 18.3 Å². The first-order valence-electron chi connectivity index (χ1n) is 13.5. The number of hydrogen-bond acceptors (Lipinski definition) is 7. The maximum atomic E-state index is 13.1. The second-order valence-corrected chi connectivity index (χ2v) is 11.1. The first-order valence-corrected chi connectivity index (χ1v) is 13.9. The summed E-state index contributed by atoms with van der Waals surface area (Å²) in [6.45, 7) is 3.18. The molecule has 1 aromatic rings. The molecule has 1 aliphatic carbocycles. The largest absolute Gasteiger partial charge is 0.364 e. The number of halogens is 1. The standard InChI is InChI=1S/C27H40ClN5O4/c1-32(2)17-19-6-9-21(10-7-19)27(35)33-13-12-22(18-33)30-26-23(28)15-20(16-29-26)8-11-24(34)31-37-25-5-3-4-14-36-25/h8,11,15-16,19,21-22,25H,3-7,9-10,12-14,17-18H2,1-2H3,(H,29,30)(H,31,34)/b11-8+/t19?,21?,22-,25?/m1/s1. The molecule has 3 aliphatic rings. The molecule has 2 aliphatic heterocycles. The van der Waals surface area contributed by atoms with E-state index in [-0.39, 0.29) is 17.9 Å². The summed E-state index contributed by atoms with van der Waals surface area (Å²) >= 11 is 6.47. The molecule has 10 heteroatoms. The van der Waals surface area contributed by atoms with Gasteiger partial charge < -0.3 is 19.9 Å². The van der Waals surface area contributed by atoms with Crippen LogP contribution in [0.3, 0.4) is 0 Å². The molecule has 0 spiro atoms. The zero-order chi connectivity index (χ0) is 26.2. The molecule has 2 saturated heterocycles. The van der Waals surface area contributed by atoms with Gasteiger partial charge in [0.15, 0.2) is 6.29 Å². The van der Waals surface area contributed by atoms with E-state index in [0.717, 1.165) is 64.5 Å². The van der Waals surface area contributed by atoms with E-state index in [1.54, 1.807) is 18.3 Å². The van der Waals surface area contributed by atoms with Gasteiger partial charge in [0.25, 0.3) is 5.91 Å². The van der Waals surface area contributed by atoms with Gasteiger partial charge in [-0.05, 0) is 82.7 Å². The lowest BCUT2D eigenvalue weighted by atomic mass is 9.81. The summed E-state index contributed by atoms with van der Waals surface area (Å²) in [7, 11) is 4.23. The summed E-state index contributed by atoms with van der Waals surface area (Å²) in [4.78, 5) is 39.1. The van der Waals surface area contributed by atoms with E-state index in [0.29, 0.717) is 41.4 Å². The van der Waals surface area contributed by atoms with Crippen molar-refractivity contribution in [2.75, 3.05) is 45.7 Å².